The van der Waals surface area contributed by atoms with Crippen molar-refractivity contribution in [3.8, 4) is 5.75 Å². The molecule has 0 heterocycles. The number of aliphatic hydroxyl groups is 1. The second-order valence-corrected chi connectivity index (χ2v) is 6.64. The van der Waals surface area contributed by atoms with Crippen LogP contribution in [0.4, 0.5) is 0 Å². The Morgan fingerprint density at radius 1 is 1.00 bits per heavy atom. The van der Waals surface area contributed by atoms with Crippen LogP contribution in [0.3, 0.4) is 0 Å². The number of ether oxygens (including phenoxy) is 1. The molecule has 0 saturated heterocycles. The minimum absolute atomic E-state index is 0.212. The van der Waals surface area contributed by atoms with Gasteiger partial charge in [-0.2, -0.15) is 0 Å². The molecule has 3 aromatic carbocycles. The van der Waals surface area contributed by atoms with E-state index in [9.17, 15) is 5.11 Å². The van der Waals surface area contributed by atoms with Gasteiger partial charge in [-0.15, -0.1) is 0 Å². The van der Waals surface area contributed by atoms with Crippen molar-refractivity contribution < 1.29 is 9.84 Å². The van der Waals surface area contributed by atoms with Gasteiger partial charge in [0.15, 0.2) is 0 Å². The number of likely N-dealkylation sites (N-methyl/N-ethyl adjacent to an activating group) is 1. The number of hydrogen-bond acceptors (Lipinski definition) is 3. The highest BCUT2D eigenvalue weighted by molar-refractivity contribution is 6.32. The molecular weight excluding hydrogens is 334 g/mol. The van der Waals surface area contributed by atoms with E-state index >= 15 is 0 Å². The van der Waals surface area contributed by atoms with Crippen molar-refractivity contribution in [3.63, 3.8) is 0 Å². The molecule has 4 heteroatoms. The number of aliphatic hydroxyl groups excluding tert-OH is 1. The zero-order valence-electron chi connectivity index (χ0n) is 14.2. The first-order valence-electron chi connectivity index (χ1n) is 8.34. The van der Waals surface area contributed by atoms with E-state index in [0.29, 0.717) is 17.3 Å². The van der Waals surface area contributed by atoms with Crippen LogP contribution in [0, 0.1) is 0 Å². The Hall–Kier alpha value is -2.07. The van der Waals surface area contributed by atoms with Gasteiger partial charge < -0.3 is 9.84 Å². The summed E-state index contributed by atoms with van der Waals surface area (Å²) in [6, 6.07) is 22.0. The summed E-state index contributed by atoms with van der Waals surface area (Å²) in [5, 5.41) is 13.3. The fraction of sp³-hybridized carbons (Fsp3) is 0.238. The van der Waals surface area contributed by atoms with Crippen molar-refractivity contribution in [3.05, 3.63) is 77.3 Å². The average molecular weight is 356 g/mol. The predicted octanol–water partition coefficient (Wildman–Crippen LogP) is 4.36. The van der Waals surface area contributed by atoms with Gasteiger partial charge in [-0.1, -0.05) is 66.2 Å². The third-order valence-electron chi connectivity index (χ3n) is 4.11. The molecule has 0 radical (unpaired) electrons. The van der Waals surface area contributed by atoms with Gasteiger partial charge in [0.2, 0.25) is 0 Å². The van der Waals surface area contributed by atoms with Crippen molar-refractivity contribution in [2.75, 3.05) is 20.2 Å². The average Bonchev–Trinajstić information content (AvgIpc) is 2.61. The largest absolute Gasteiger partial charge is 0.489 e. The summed E-state index contributed by atoms with van der Waals surface area (Å²) in [6.45, 7) is 1.50. The first-order chi connectivity index (χ1) is 12.1. The molecule has 0 amide bonds. The van der Waals surface area contributed by atoms with E-state index < -0.39 is 6.10 Å². The summed E-state index contributed by atoms with van der Waals surface area (Å²) in [5.74, 6) is 0.597. The van der Waals surface area contributed by atoms with Gasteiger partial charge in [0.05, 0.1) is 5.02 Å². The molecule has 0 spiro atoms. The maximum atomic E-state index is 10.3. The van der Waals surface area contributed by atoms with E-state index in [-0.39, 0.29) is 6.61 Å². The third kappa shape index (κ3) is 4.73. The minimum Gasteiger partial charge on any atom is -0.489 e. The van der Waals surface area contributed by atoms with Crippen molar-refractivity contribution in [1.82, 2.24) is 4.90 Å². The number of para-hydroxylation sites is 1. The SMILES string of the molecule is CN(Cc1cccc2ccccc12)CC(O)COc1ccccc1Cl. The molecule has 130 valence electrons. The van der Waals surface area contributed by atoms with Crippen molar-refractivity contribution in [1.29, 1.82) is 0 Å². The molecule has 1 unspecified atom stereocenters. The van der Waals surface area contributed by atoms with Crippen LogP contribution in [-0.4, -0.2) is 36.3 Å². The predicted molar refractivity (Wildman–Crippen MR) is 103 cm³/mol. The topological polar surface area (TPSA) is 32.7 Å². The Kier molecular flexibility index (Phi) is 5.92. The van der Waals surface area contributed by atoms with Crippen LogP contribution in [0.15, 0.2) is 66.7 Å². The van der Waals surface area contributed by atoms with Gasteiger partial charge in [0.1, 0.15) is 18.5 Å². The number of hydrogen-bond donors (Lipinski definition) is 1. The van der Waals surface area contributed by atoms with Crippen LogP contribution in [0.1, 0.15) is 5.56 Å². The lowest BCUT2D eigenvalue weighted by Gasteiger charge is -2.21. The lowest BCUT2D eigenvalue weighted by Crippen LogP contribution is -2.32. The summed E-state index contributed by atoms with van der Waals surface area (Å²) >= 11 is 6.06. The molecular formula is C21H22ClNO2. The number of rotatable bonds is 7. The molecule has 0 saturated carbocycles. The van der Waals surface area contributed by atoms with Crippen LogP contribution in [0.25, 0.3) is 10.8 Å². The maximum absolute atomic E-state index is 10.3. The molecule has 25 heavy (non-hydrogen) atoms. The van der Waals surface area contributed by atoms with E-state index in [1.54, 1.807) is 12.1 Å². The van der Waals surface area contributed by atoms with Gasteiger partial charge in [-0.3, -0.25) is 4.90 Å². The third-order valence-corrected chi connectivity index (χ3v) is 4.42. The highest BCUT2D eigenvalue weighted by Crippen LogP contribution is 2.23. The van der Waals surface area contributed by atoms with Crippen molar-refractivity contribution in [2.24, 2.45) is 0 Å². The van der Waals surface area contributed by atoms with E-state index in [4.69, 9.17) is 16.3 Å². The standard InChI is InChI=1S/C21H22ClNO2/c1-23(13-17-9-6-8-16-7-2-3-10-19(16)17)14-18(24)15-25-21-12-5-4-11-20(21)22/h2-12,18,24H,13-15H2,1H3. The molecule has 1 N–H and O–H groups in total. The van der Waals surface area contributed by atoms with Crippen molar-refractivity contribution in [2.45, 2.75) is 12.6 Å². The van der Waals surface area contributed by atoms with E-state index in [1.165, 1.54) is 16.3 Å². The highest BCUT2D eigenvalue weighted by atomic mass is 35.5. The van der Waals surface area contributed by atoms with E-state index in [0.717, 1.165) is 6.54 Å². The van der Waals surface area contributed by atoms with Crippen LogP contribution >= 0.6 is 11.6 Å². The van der Waals surface area contributed by atoms with Crippen LogP contribution < -0.4 is 4.74 Å². The Bertz CT molecular complexity index is 831. The summed E-state index contributed by atoms with van der Waals surface area (Å²) in [5.41, 5.74) is 1.25. The Morgan fingerprint density at radius 3 is 2.56 bits per heavy atom. The van der Waals surface area contributed by atoms with Gasteiger partial charge in [-0.05, 0) is 35.5 Å². The number of nitrogens with zero attached hydrogens (tertiary/aromatic N) is 1. The maximum Gasteiger partial charge on any atom is 0.138 e. The molecule has 0 aliphatic carbocycles. The Morgan fingerprint density at radius 2 is 1.72 bits per heavy atom. The molecule has 3 rings (SSSR count). The summed E-state index contributed by atoms with van der Waals surface area (Å²) in [4.78, 5) is 2.10. The Labute approximate surface area is 153 Å². The number of benzene rings is 3. The Balaban J connectivity index is 1.56. The highest BCUT2D eigenvalue weighted by Gasteiger charge is 2.12. The second kappa shape index (κ2) is 8.34. The van der Waals surface area contributed by atoms with Crippen LogP contribution in [-0.2, 0) is 6.54 Å². The number of fused-ring (bicyclic) bond motifs is 1. The van der Waals surface area contributed by atoms with Gasteiger partial charge >= 0.3 is 0 Å². The van der Waals surface area contributed by atoms with E-state index in [1.807, 2.05) is 25.2 Å². The van der Waals surface area contributed by atoms with Crippen LogP contribution in [0.2, 0.25) is 5.02 Å². The molecule has 3 nitrogen and oxygen atoms in total. The fourth-order valence-corrected chi connectivity index (χ4v) is 3.14. The first-order valence-corrected chi connectivity index (χ1v) is 8.72. The summed E-state index contributed by atoms with van der Waals surface area (Å²) in [6.07, 6.45) is -0.587. The monoisotopic (exact) mass is 355 g/mol. The zero-order chi connectivity index (χ0) is 17.6. The molecule has 0 aromatic heterocycles. The summed E-state index contributed by atoms with van der Waals surface area (Å²) < 4.78 is 5.61. The molecule has 0 aliphatic rings. The summed E-state index contributed by atoms with van der Waals surface area (Å²) in [7, 11) is 2.00. The quantitative estimate of drug-likeness (QED) is 0.683. The lowest BCUT2D eigenvalue weighted by molar-refractivity contribution is 0.0745. The minimum atomic E-state index is -0.587. The first kappa shape index (κ1) is 17.7. The second-order valence-electron chi connectivity index (χ2n) is 6.23. The van der Waals surface area contributed by atoms with Crippen LogP contribution in [0.5, 0.6) is 5.75 Å². The normalized spacial score (nSPS) is 12.5. The smallest absolute Gasteiger partial charge is 0.138 e. The van der Waals surface area contributed by atoms with Gasteiger partial charge in [-0.25, -0.2) is 0 Å². The van der Waals surface area contributed by atoms with Crippen molar-refractivity contribution >= 4 is 22.4 Å². The lowest BCUT2D eigenvalue weighted by atomic mass is 10.0. The molecule has 0 bridgehead atoms. The molecule has 3 aromatic rings. The molecule has 1 atom stereocenters. The van der Waals surface area contributed by atoms with Gasteiger partial charge in [0, 0.05) is 13.1 Å². The fourth-order valence-electron chi connectivity index (χ4n) is 2.95. The van der Waals surface area contributed by atoms with Gasteiger partial charge in [0.25, 0.3) is 0 Å². The van der Waals surface area contributed by atoms with E-state index in [2.05, 4.69) is 41.3 Å². The number of halogens is 1. The molecule has 0 aliphatic heterocycles. The molecule has 0 fully saturated rings. The zero-order valence-corrected chi connectivity index (χ0v) is 15.0.